The lowest BCUT2D eigenvalue weighted by molar-refractivity contribution is 0.448. The Hall–Kier alpha value is -1.44. The van der Waals surface area contributed by atoms with E-state index in [9.17, 15) is 0 Å². The average molecular weight is 262 g/mol. The van der Waals surface area contributed by atoms with Crippen molar-refractivity contribution in [2.75, 3.05) is 0 Å². The third-order valence-electron chi connectivity index (χ3n) is 3.19. The van der Waals surface area contributed by atoms with Crippen LogP contribution in [0.2, 0.25) is 0 Å². The van der Waals surface area contributed by atoms with Crippen LogP contribution in [-0.2, 0) is 0 Å². The van der Waals surface area contributed by atoms with Crippen molar-refractivity contribution in [3.05, 3.63) is 48.8 Å². The highest BCUT2D eigenvalue weighted by atomic mass is 16.3. The Kier molecular flexibility index (Phi) is 8.61. The Labute approximate surface area is 116 Å². The largest absolute Gasteiger partial charge is 0.473 e. The van der Waals surface area contributed by atoms with Gasteiger partial charge in [-0.2, -0.15) is 0 Å². The van der Waals surface area contributed by atoms with Gasteiger partial charge in [0.25, 0.3) is 0 Å². The molecule has 2 nitrogen and oxygen atoms in total. The highest BCUT2D eigenvalue weighted by molar-refractivity contribution is 5.03. The lowest BCUT2D eigenvalue weighted by atomic mass is 10.00. The number of furan rings is 2. The summed E-state index contributed by atoms with van der Waals surface area (Å²) in [6, 6.07) is 7.72. The fourth-order valence-electron chi connectivity index (χ4n) is 1.99. The molecule has 1 unspecified atom stereocenters. The molecule has 2 rings (SSSR count). The van der Waals surface area contributed by atoms with Crippen LogP contribution in [-0.4, -0.2) is 0 Å². The second-order valence-electron chi connectivity index (χ2n) is 4.91. The summed E-state index contributed by atoms with van der Waals surface area (Å²) in [4.78, 5) is 0. The van der Waals surface area contributed by atoms with Crippen molar-refractivity contribution < 1.29 is 8.83 Å². The van der Waals surface area contributed by atoms with Crippen molar-refractivity contribution in [1.29, 1.82) is 0 Å². The number of rotatable bonds is 7. The molecule has 2 heteroatoms. The van der Waals surface area contributed by atoms with Gasteiger partial charge >= 0.3 is 0 Å². The topological polar surface area (TPSA) is 26.3 Å². The van der Waals surface area contributed by atoms with E-state index in [0.29, 0.717) is 5.92 Å². The molecule has 0 spiro atoms. The smallest absolute Gasteiger partial charge is 0.106 e. The van der Waals surface area contributed by atoms with Gasteiger partial charge in [-0.1, -0.05) is 46.0 Å². The first kappa shape index (κ1) is 15.6. The molecule has 0 fully saturated rings. The fourth-order valence-corrected chi connectivity index (χ4v) is 1.99. The van der Waals surface area contributed by atoms with Crippen LogP contribution in [0.15, 0.2) is 51.9 Å². The Balaban J connectivity index is 0.000000300. The summed E-state index contributed by atoms with van der Waals surface area (Å²) >= 11 is 0. The third-order valence-corrected chi connectivity index (χ3v) is 3.19. The minimum Gasteiger partial charge on any atom is -0.473 e. The van der Waals surface area contributed by atoms with Crippen molar-refractivity contribution in [2.45, 2.75) is 58.3 Å². The maximum Gasteiger partial charge on any atom is 0.106 e. The fraction of sp³-hybridized carbons (Fsp3) is 0.529. The molecule has 0 amide bonds. The lowest BCUT2D eigenvalue weighted by Crippen LogP contribution is -1.91. The molecule has 0 aliphatic carbocycles. The van der Waals surface area contributed by atoms with Crippen molar-refractivity contribution in [3.8, 4) is 0 Å². The van der Waals surface area contributed by atoms with Crippen LogP contribution >= 0.6 is 0 Å². The van der Waals surface area contributed by atoms with Crippen LogP contribution in [0.25, 0.3) is 0 Å². The highest BCUT2D eigenvalue weighted by Gasteiger charge is 2.06. The van der Waals surface area contributed by atoms with E-state index in [-0.39, 0.29) is 0 Å². The maximum absolute atomic E-state index is 5.37. The van der Waals surface area contributed by atoms with Crippen LogP contribution < -0.4 is 0 Å². The van der Waals surface area contributed by atoms with E-state index in [2.05, 4.69) is 24.3 Å². The molecule has 0 aromatic carbocycles. The Morgan fingerprint density at radius 1 is 0.947 bits per heavy atom. The summed E-state index contributed by atoms with van der Waals surface area (Å²) in [5, 5.41) is 0. The van der Waals surface area contributed by atoms with Gasteiger partial charge in [-0.25, -0.2) is 0 Å². The van der Waals surface area contributed by atoms with Crippen LogP contribution in [0.5, 0.6) is 0 Å². The summed E-state index contributed by atoms with van der Waals surface area (Å²) in [6.45, 7) is 4.50. The van der Waals surface area contributed by atoms with Crippen LogP contribution in [0.1, 0.15) is 64.1 Å². The molecule has 0 aliphatic heterocycles. The van der Waals surface area contributed by atoms with Gasteiger partial charge in [0.15, 0.2) is 0 Å². The summed E-state index contributed by atoms with van der Waals surface area (Å²) in [7, 11) is 0. The molecule has 2 heterocycles. The molecule has 0 saturated carbocycles. The quantitative estimate of drug-likeness (QED) is 0.570. The molecule has 19 heavy (non-hydrogen) atoms. The molecule has 2 aromatic rings. The molecular formula is C17H26O2. The molecule has 2 aromatic heterocycles. The van der Waals surface area contributed by atoms with Crippen molar-refractivity contribution >= 4 is 0 Å². The van der Waals surface area contributed by atoms with Crippen molar-refractivity contribution in [2.24, 2.45) is 0 Å². The van der Waals surface area contributed by atoms with E-state index < -0.39 is 0 Å². The van der Waals surface area contributed by atoms with Crippen LogP contribution in [0, 0.1) is 0 Å². The molecule has 0 saturated heterocycles. The van der Waals surface area contributed by atoms with E-state index in [0.717, 1.165) is 5.76 Å². The minimum atomic E-state index is 0.589. The summed E-state index contributed by atoms with van der Waals surface area (Å²) < 4.78 is 9.96. The molecular weight excluding hydrogens is 236 g/mol. The zero-order valence-electron chi connectivity index (χ0n) is 12.2. The SMILES string of the molecule is CCCCCCCC(C)c1ccco1.c1ccoc1. The van der Waals surface area contributed by atoms with Crippen LogP contribution in [0.4, 0.5) is 0 Å². The van der Waals surface area contributed by atoms with Gasteiger partial charge in [0, 0.05) is 5.92 Å². The maximum atomic E-state index is 5.37. The van der Waals surface area contributed by atoms with Crippen LogP contribution in [0.3, 0.4) is 0 Å². The predicted molar refractivity (Wildman–Crippen MR) is 79.2 cm³/mol. The van der Waals surface area contributed by atoms with Gasteiger partial charge in [-0.3, -0.25) is 0 Å². The summed E-state index contributed by atoms with van der Waals surface area (Å²) in [5.41, 5.74) is 0. The Morgan fingerprint density at radius 2 is 1.68 bits per heavy atom. The van der Waals surface area contributed by atoms with Crippen molar-refractivity contribution in [3.63, 3.8) is 0 Å². The first-order valence-electron chi connectivity index (χ1n) is 7.35. The van der Waals surface area contributed by atoms with Gasteiger partial charge in [0.05, 0.1) is 18.8 Å². The van der Waals surface area contributed by atoms with E-state index >= 15 is 0 Å². The zero-order chi connectivity index (χ0) is 13.8. The van der Waals surface area contributed by atoms with Gasteiger partial charge in [0.2, 0.25) is 0 Å². The molecule has 0 aliphatic rings. The lowest BCUT2D eigenvalue weighted by Gasteiger charge is -2.07. The highest BCUT2D eigenvalue weighted by Crippen LogP contribution is 2.22. The zero-order valence-corrected chi connectivity index (χ0v) is 12.2. The Bertz CT molecular complexity index is 345. The second-order valence-corrected chi connectivity index (χ2v) is 4.91. The average Bonchev–Trinajstić information content (AvgIpc) is 3.13. The number of hydrogen-bond donors (Lipinski definition) is 0. The van der Waals surface area contributed by atoms with E-state index in [4.69, 9.17) is 4.42 Å². The molecule has 0 N–H and O–H groups in total. The van der Waals surface area contributed by atoms with Gasteiger partial charge < -0.3 is 8.83 Å². The number of unbranched alkanes of at least 4 members (excludes halogenated alkanes) is 4. The Morgan fingerprint density at radius 3 is 2.21 bits per heavy atom. The minimum absolute atomic E-state index is 0.589. The first-order valence-corrected chi connectivity index (χ1v) is 7.35. The van der Waals surface area contributed by atoms with Crippen molar-refractivity contribution in [1.82, 2.24) is 0 Å². The third kappa shape index (κ3) is 7.55. The normalized spacial score (nSPS) is 11.7. The van der Waals surface area contributed by atoms with E-state index in [1.54, 1.807) is 18.8 Å². The molecule has 0 radical (unpaired) electrons. The van der Waals surface area contributed by atoms with Gasteiger partial charge in [-0.15, -0.1) is 0 Å². The van der Waals surface area contributed by atoms with Gasteiger partial charge in [-0.05, 0) is 30.7 Å². The number of hydrogen-bond acceptors (Lipinski definition) is 2. The second kappa shape index (κ2) is 10.5. The van der Waals surface area contributed by atoms with Gasteiger partial charge in [0.1, 0.15) is 5.76 Å². The van der Waals surface area contributed by atoms with E-state index in [1.165, 1.54) is 38.5 Å². The van der Waals surface area contributed by atoms with E-state index in [1.807, 2.05) is 18.2 Å². The first-order chi connectivity index (χ1) is 9.34. The monoisotopic (exact) mass is 262 g/mol. The predicted octanol–water partition coefficient (Wildman–Crippen LogP) is 6.02. The molecule has 0 bridgehead atoms. The summed E-state index contributed by atoms with van der Waals surface area (Å²) in [6.07, 6.45) is 13.1. The summed E-state index contributed by atoms with van der Waals surface area (Å²) in [5.74, 6) is 1.73. The molecule has 106 valence electrons. The standard InChI is InChI=1S/C13H22O.C4H4O/c1-3-4-5-6-7-9-12(2)13-10-8-11-14-13;1-2-4-5-3-1/h8,10-12H,3-7,9H2,1-2H3;1-4H. The molecule has 1 atom stereocenters.